The number of carboxylic acid groups (broad SMARTS) is 1. The van der Waals surface area contributed by atoms with Crippen molar-refractivity contribution in [3.63, 3.8) is 0 Å². The highest BCUT2D eigenvalue weighted by atomic mass is 32.2. The summed E-state index contributed by atoms with van der Waals surface area (Å²) in [5.74, 6) is -0.144. The normalized spacial score (nSPS) is 15.3. The van der Waals surface area contributed by atoms with Crippen molar-refractivity contribution in [2.75, 3.05) is 45.3 Å². The second-order valence-corrected chi connectivity index (χ2v) is 8.20. The number of rotatable bonds is 6. The molecule has 2 aromatic rings. The average Bonchev–Trinajstić information content (AvgIpc) is 2.73. The highest BCUT2D eigenvalue weighted by Gasteiger charge is 2.29. The Labute approximate surface area is 164 Å². The lowest BCUT2D eigenvalue weighted by atomic mass is 10.2. The minimum atomic E-state index is -3.65. The second kappa shape index (κ2) is 8.07. The van der Waals surface area contributed by atoms with Gasteiger partial charge in [-0.1, -0.05) is 0 Å². The molecule has 3 rings (SSSR count). The minimum Gasteiger partial charge on any atom is -0.493 e. The van der Waals surface area contributed by atoms with Crippen LogP contribution in [0.15, 0.2) is 47.4 Å². The van der Waals surface area contributed by atoms with E-state index >= 15 is 0 Å². The number of carboxylic acids is 1. The van der Waals surface area contributed by atoms with E-state index in [2.05, 4.69) is 0 Å². The molecule has 0 amide bonds. The van der Waals surface area contributed by atoms with Crippen LogP contribution in [0.2, 0.25) is 0 Å². The van der Waals surface area contributed by atoms with Gasteiger partial charge in [-0.2, -0.15) is 4.31 Å². The molecule has 1 aliphatic rings. The standard InChI is InChI=1S/C19H22N2O6S/c1-26-17-8-7-16(13-18(17)27-2)28(24,25)21-11-9-20(10-12-21)15-5-3-14(4-6-15)19(22)23/h3-8,13H,9-12H2,1-2H3,(H,22,23). The van der Waals surface area contributed by atoms with E-state index in [1.807, 2.05) is 4.90 Å². The summed E-state index contributed by atoms with van der Waals surface area (Å²) < 4.78 is 37.7. The third-order valence-corrected chi connectivity index (χ3v) is 6.61. The molecule has 28 heavy (non-hydrogen) atoms. The topological polar surface area (TPSA) is 96.4 Å². The lowest BCUT2D eigenvalue weighted by molar-refractivity contribution is 0.0697. The minimum absolute atomic E-state index is 0.157. The molecule has 1 saturated heterocycles. The Hall–Kier alpha value is -2.78. The predicted octanol–water partition coefficient (Wildman–Crippen LogP) is 1.91. The van der Waals surface area contributed by atoms with Gasteiger partial charge >= 0.3 is 5.97 Å². The van der Waals surface area contributed by atoms with Crippen molar-refractivity contribution in [2.24, 2.45) is 0 Å². The van der Waals surface area contributed by atoms with Gasteiger partial charge in [0.25, 0.3) is 0 Å². The molecule has 1 heterocycles. The van der Waals surface area contributed by atoms with E-state index in [9.17, 15) is 13.2 Å². The van der Waals surface area contributed by atoms with E-state index < -0.39 is 16.0 Å². The van der Waals surface area contributed by atoms with Gasteiger partial charge in [0.15, 0.2) is 11.5 Å². The van der Waals surface area contributed by atoms with Gasteiger partial charge in [0.2, 0.25) is 10.0 Å². The van der Waals surface area contributed by atoms with E-state index in [0.717, 1.165) is 5.69 Å². The summed E-state index contributed by atoms with van der Waals surface area (Å²) in [4.78, 5) is 13.1. The number of hydrogen-bond donors (Lipinski definition) is 1. The van der Waals surface area contributed by atoms with Crippen LogP contribution in [0.5, 0.6) is 11.5 Å². The molecule has 0 aliphatic carbocycles. The first-order valence-corrected chi connectivity index (χ1v) is 10.1. The average molecular weight is 406 g/mol. The number of sulfonamides is 1. The maximum atomic E-state index is 13.0. The highest BCUT2D eigenvalue weighted by molar-refractivity contribution is 7.89. The number of piperazine rings is 1. The summed E-state index contributed by atoms with van der Waals surface area (Å²) in [5, 5.41) is 8.99. The van der Waals surface area contributed by atoms with E-state index in [1.54, 1.807) is 30.3 Å². The molecule has 1 N–H and O–H groups in total. The number of ether oxygens (including phenoxy) is 2. The highest BCUT2D eigenvalue weighted by Crippen LogP contribution is 2.31. The van der Waals surface area contributed by atoms with Crippen molar-refractivity contribution < 1.29 is 27.8 Å². The monoisotopic (exact) mass is 406 g/mol. The van der Waals surface area contributed by atoms with Gasteiger partial charge in [0.1, 0.15) is 0 Å². The summed E-state index contributed by atoms with van der Waals surface area (Å²) in [5.41, 5.74) is 1.09. The van der Waals surface area contributed by atoms with Crippen molar-refractivity contribution in [2.45, 2.75) is 4.90 Å². The molecular weight excluding hydrogens is 384 g/mol. The maximum absolute atomic E-state index is 13.0. The molecule has 0 radical (unpaired) electrons. The number of carbonyl (C=O) groups is 1. The fourth-order valence-corrected chi connectivity index (χ4v) is 4.57. The number of anilines is 1. The van der Waals surface area contributed by atoms with Gasteiger partial charge < -0.3 is 19.5 Å². The van der Waals surface area contributed by atoms with Crippen LogP contribution < -0.4 is 14.4 Å². The van der Waals surface area contributed by atoms with Gasteiger partial charge in [-0.25, -0.2) is 13.2 Å². The largest absolute Gasteiger partial charge is 0.493 e. The molecule has 0 saturated carbocycles. The molecule has 0 unspecified atom stereocenters. The first kappa shape index (κ1) is 20.0. The van der Waals surface area contributed by atoms with Crippen LogP contribution in [-0.2, 0) is 10.0 Å². The van der Waals surface area contributed by atoms with E-state index in [1.165, 1.54) is 30.7 Å². The first-order valence-electron chi connectivity index (χ1n) is 8.67. The molecule has 1 fully saturated rings. The number of aromatic carboxylic acids is 1. The first-order chi connectivity index (χ1) is 13.4. The maximum Gasteiger partial charge on any atom is 0.335 e. The Morgan fingerprint density at radius 1 is 0.929 bits per heavy atom. The van der Waals surface area contributed by atoms with Crippen molar-refractivity contribution in [3.05, 3.63) is 48.0 Å². The Morgan fingerprint density at radius 2 is 1.54 bits per heavy atom. The molecule has 0 aromatic heterocycles. The van der Waals surface area contributed by atoms with Crippen LogP contribution in [0.25, 0.3) is 0 Å². The zero-order valence-corrected chi connectivity index (χ0v) is 16.5. The molecule has 1 aliphatic heterocycles. The molecule has 2 aromatic carbocycles. The summed E-state index contributed by atoms with van der Waals surface area (Å²) in [6, 6.07) is 11.1. The summed E-state index contributed by atoms with van der Waals surface area (Å²) in [7, 11) is -0.695. The lowest BCUT2D eigenvalue weighted by Crippen LogP contribution is -2.48. The summed E-state index contributed by atoms with van der Waals surface area (Å²) in [6.07, 6.45) is 0. The Kier molecular flexibility index (Phi) is 5.76. The van der Waals surface area contributed by atoms with E-state index in [0.29, 0.717) is 37.7 Å². The van der Waals surface area contributed by atoms with Crippen LogP contribution in [0, 0.1) is 0 Å². The molecule has 0 bridgehead atoms. The number of hydrogen-bond acceptors (Lipinski definition) is 6. The van der Waals surface area contributed by atoms with Crippen LogP contribution in [0.3, 0.4) is 0 Å². The molecule has 0 spiro atoms. The quantitative estimate of drug-likeness (QED) is 0.783. The van der Waals surface area contributed by atoms with Crippen LogP contribution >= 0.6 is 0 Å². The number of benzene rings is 2. The number of nitrogens with zero attached hydrogens (tertiary/aromatic N) is 2. The number of methoxy groups -OCH3 is 2. The van der Waals surface area contributed by atoms with Crippen LogP contribution in [0.4, 0.5) is 5.69 Å². The third-order valence-electron chi connectivity index (χ3n) is 4.71. The summed E-state index contributed by atoms with van der Waals surface area (Å²) in [6.45, 7) is 1.69. The van der Waals surface area contributed by atoms with Gasteiger partial charge in [0.05, 0.1) is 24.7 Å². The van der Waals surface area contributed by atoms with Gasteiger partial charge in [-0.15, -0.1) is 0 Å². The van der Waals surface area contributed by atoms with Crippen LogP contribution in [-0.4, -0.2) is 64.2 Å². The van der Waals surface area contributed by atoms with Gasteiger partial charge in [-0.3, -0.25) is 0 Å². The SMILES string of the molecule is COc1ccc(S(=O)(=O)N2CCN(c3ccc(C(=O)O)cc3)CC2)cc1OC. The predicted molar refractivity (Wildman–Crippen MR) is 104 cm³/mol. The smallest absolute Gasteiger partial charge is 0.335 e. The molecule has 9 heteroatoms. The summed E-state index contributed by atoms with van der Waals surface area (Å²) >= 11 is 0. The van der Waals surface area contributed by atoms with E-state index in [-0.39, 0.29) is 10.5 Å². The molecule has 8 nitrogen and oxygen atoms in total. The third kappa shape index (κ3) is 3.90. The lowest BCUT2D eigenvalue weighted by Gasteiger charge is -2.35. The molecule has 150 valence electrons. The van der Waals surface area contributed by atoms with Crippen molar-refractivity contribution in [1.29, 1.82) is 0 Å². The zero-order valence-electron chi connectivity index (χ0n) is 15.7. The molecular formula is C19H22N2O6S. The fourth-order valence-electron chi connectivity index (χ4n) is 3.13. The van der Waals surface area contributed by atoms with Gasteiger partial charge in [-0.05, 0) is 36.4 Å². The van der Waals surface area contributed by atoms with Crippen molar-refractivity contribution in [3.8, 4) is 11.5 Å². The Balaban J connectivity index is 1.72. The van der Waals surface area contributed by atoms with Crippen LogP contribution in [0.1, 0.15) is 10.4 Å². The molecule has 0 atom stereocenters. The second-order valence-electron chi connectivity index (χ2n) is 6.26. The van der Waals surface area contributed by atoms with E-state index in [4.69, 9.17) is 14.6 Å². The van der Waals surface area contributed by atoms with Crippen molar-refractivity contribution in [1.82, 2.24) is 4.31 Å². The zero-order chi connectivity index (χ0) is 20.3. The Morgan fingerprint density at radius 3 is 2.07 bits per heavy atom. The Bertz CT molecular complexity index is 951. The van der Waals surface area contributed by atoms with Gasteiger partial charge in [0, 0.05) is 37.9 Å². The van der Waals surface area contributed by atoms with Crippen molar-refractivity contribution >= 4 is 21.7 Å². The fraction of sp³-hybridized carbons (Fsp3) is 0.316.